The third-order valence-corrected chi connectivity index (χ3v) is 5.92. The second-order valence-electron chi connectivity index (χ2n) is 5.69. The van der Waals surface area contributed by atoms with E-state index >= 15 is 0 Å². The summed E-state index contributed by atoms with van der Waals surface area (Å²) in [5, 5.41) is 3.06. The molecule has 0 saturated carbocycles. The molecule has 0 bridgehead atoms. The molecular formula is C14H26N2O3S. The molecule has 1 atom stereocenters. The van der Waals surface area contributed by atoms with Crippen LogP contribution in [0.4, 0.5) is 0 Å². The highest BCUT2D eigenvalue weighted by Gasteiger charge is 2.33. The van der Waals surface area contributed by atoms with Crippen molar-refractivity contribution < 1.29 is 14.3 Å². The molecule has 0 aromatic rings. The number of nitrogens with two attached hydrogens (primary N) is 1. The van der Waals surface area contributed by atoms with Crippen molar-refractivity contribution in [3.63, 3.8) is 0 Å². The predicted molar refractivity (Wildman–Crippen MR) is 80.8 cm³/mol. The molecular weight excluding hydrogens is 276 g/mol. The van der Waals surface area contributed by atoms with E-state index in [9.17, 15) is 4.79 Å². The van der Waals surface area contributed by atoms with E-state index in [-0.39, 0.29) is 16.6 Å². The molecule has 2 rings (SSSR count). The fraction of sp³-hybridized carbons (Fsp3) is 0.929. The topological polar surface area (TPSA) is 73.6 Å². The van der Waals surface area contributed by atoms with E-state index in [2.05, 4.69) is 11.6 Å². The molecule has 116 valence electrons. The smallest absolute Gasteiger partial charge is 0.237 e. The highest BCUT2D eigenvalue weighted by molar-refractivity contribution is 8.00. The summed E-state index contributed by atoms with van der Waals surface area (Å²) in [6.07, 6.45) is 5.85. The van der Waals surface area contributed by atoms with Crippen LogP contribution >= 0.6 is 11.8 Å². The van der Waals surface area contributed by atoms with Gasteiger partial charge in [-0.3, -0.25) is 4.79 Å². The van der Waals surface area contributed by atoms with E-state index in [0.29, 0.717) is 6.54 Å². The first-order valence-electron chi connectivity index (χ1n) is 7.41. The molecule has 2 saturated heterocycles. The Hall–Kier alpha value is -0.300. The van der Waals surface area contributed by atoms with Gasteiger partial charge in [0.05, 0.1) is 6.04 Å². The van der Waals surface area contributed by atoms with Crippen molar-refractivity contribution in [1.29, 1.82) is 0 Å². The third-order valence-electron chi connectivity index (χ3n) is 4.50. The van der Waals surface area contributed by atoms with Gasteiger partial charge in [0.25, 0.3) is 0 Å². The fourth-order valence-corrected chi connectivity index (χ4v) is 3.64. The maximum atomic E-state index is 12.2. The lowest BCUT2D eigenvalue weighted by molar-refractivity contribution is -0.124. The Kier molecular flexibility index (Phi) is 6.14. The number of carbonyl (C=O) groups excluding carboxylic acids is 1. The largest absolute Gasteiger partial charge is 0.381 e. The van der Waals surface area contributed by atoms with Crippen LogP contribution in [0.1, 0.15) is 25.7 Å². The molecule has 1 unspecified atom stereocenters. The Morgan fingerprint density at radius 1 is 1.30 bits per heavy atom. The second-order valence-corrected chi connectivity index (χ2v) is 6.97. The minimum absolute atomic E-state index is 0.0168. The lowest BCUT2D eigenvalue weighted by Crippen LogP contribution is -2.51. The zero-order chi connectivity index (χ0) is 14.4. The minimum atomic E-state index is -0.405. The fourth-order valence-electron chi connectivity index (χ4n) is 2.85. The van der Waals surface area contributed by atoms with E-state index < -0.39 is 6.04 Å². The molecule has 3 N–H and O–H groups in total. The maximum Gasteiger partial charge on any atom is 0.237 e. The lowest BCUT2D eigenvalue weighted by Gasteiger charge is -2.36. The average Bonchev–Trinajstić information content (AvgIpc) is 2.53. The van der Waals surface area contributed by atoms with Crippen LogP contribution < -0.4 is 11.1 Å². The Bertz CT molecular complexity index is 316. The van der Waals surface area contributed by atoms with Gasteiger partial charge in [-0.05, 0) is 37.9 Å². The predicted octanol–water partition coefficient (Wildman–Crippen LogP) is 0.769. The Balaban J connectivity index is 1.80. The molecule has 2 aliphatic rings. The average molecular weight is 302 g/mol. The number of thioether (sulfide) groups is 1. The molecule has 5 nitrogen and oxygen atoms in total. The van der Waals surface area contributed by atoms with Gasteiger partial charge in [0.2, 0.25) is 5.91 Å². The second kappa shape index (κ2) is 7.64. The molecule has 0 aromatic carbocycles. The first-order chi connectivity index (χ1) is 9.67. The minimum Gasteiger partial charge on any atom is -0.381 e. The molecule has 20 heavy (non-hydrogen) atoms. The van der Waals surface area contributed by atoms with Gasteiger partial charge in [-0.1, -0.05) is 0 Å². The first-order valence-corrected chi connectivity index (χ1v) is 8.63. The van der Waals surface area contributed by atoms with Gasteiger partial charge in [0.1, 0.15) is 0 Å². The summed E-state index contributed by atoms with van der Waals surface area (Å²) >= 11 is 1.83. The summed E-state index contributed by atoms with van der Waals surface area (Å²) in [5.41, 5.74) is 6.09. The molecule has 2 fully saturated rings. The van der Waals surface area contributed by atoms with E-state index in [0.717, 1.165) is 52.1 Å². The van der Waals surface area contributed by atoms with Gasteiger partial charge in [0, 0.05) is 37.7 Å². The van der Waals surface area contributed by atoms with Crippen molar-refractivity contribution in [3.8, 4) is 0 Å². The van der Waals surface area contributed by atoms with Crippen molar-refractivity contribution in [2.24, 2.45) is 11.7 Å². The molecule has 0 aromatic heterocycles. The summed E-state index contributed by atoms with van der Waals surface area (Å²) in [5.74, 6) is 0.237. The molecule has 2 aliphatic heterocycles. The summed E-state index contributed by atoms with van der Waals surface area (Å²) < 4.78 is 10.8. The van der Waals surface area contributed by atoms with E-state index in [1.165, 1.54) is 0 Å². The Morgan fingerprint density at radius 2 is 1.90 bits per heavy atom. The number of carbonyl (C=O) groups is 1. The zero-order valence-corrected chi connectivity index (χ0v) is 13.0. The quantitative estimate of drug-likeness (QED) is 0.785. The van der Waals surface area contributed by atoms with Crippen molar-refractivity contribution in [1.82, 2.24) is 5.32 Å². The van der Waals surface area contributed by atoms with Crippen LogP contribution in [-0.2, 0) is 14.3 Å². The van der Waals surface area contributed by atoms with Crippen molar-refractivity contribution >= 4 is 17.7 Å². The van der Waals surface area contributed by atoms with Crippen LogP contribution in [-0.4, -0.2) is 55.9 Å². The van der Waals surface area contributed by atoms with E-state index in [1.54, 1.807) is 0 Å². The number of amides is 1. The first kappa shape index (κ1) is 16.1. The van der Waals surface area contributed by atoms with Crippen LogP contribution in [0.25, 0.3) is 0 Å². The standard InChI is InChI=1S/C14H26N2O3S/c1-20-14(4-8-19-9-5-14)10-16-13(17)12(15)11-2-6-18-7-3-11/h11-12H,2-10,15H2,1H3,(H,16,17). The highest BCUT2D eigenvalue weighted by atomic mass is 32.2. The lowest BCUT2D eigenvalue weighted by atomic mass is 9.91. The molecule has 2 heterocycles. The summed E-state index contributed by atoms with van der Waals surface area (Å²) in [6, 6.07) is -0.405. The summed E-state index contributed by atoms with van der Waals surface area (Å²) in [7, 11) is 0. The Morgan fingerprint density at radius 3 is 2.50 bits per heavy atom. The Labute approximate surface area is 125 Å². The van der Waals surface area contributed by atoms with Crippen LogP contribution in [0, 0.1) is 5.92 Å². The van der Waals surface area contributed by atoms with Crippen LogP contribution in [0.15, 0.2) is 0 Å². The van der Waals surface area contributed by atoms with Crippen molar-refractivity contribution in [2.75, 3.05) is 39.2 Å². The van der Waals surface area contributed by atoms with Gasteiger partial charge in [0.15, 0.2) is 0 Å². The van der Waals surface area contributed by atoms with Gasteiger partial charge in [-0.2, -0.15) is 11.8 Å². The molecule has 6 heteroatoms. The van der Waals surface area contributed by atoms with E-state index in [4.69, 9.17) is 15.2 Å². The molecule has 0 aliphatic carbocycles. The van der Waals surface area contributed by atoms with Gasteiger partial charge in [-0.15, -0.1) is 0 Å². The SMILES string of the molecule is CSC1(CNC(=O)C(N)C2CCOCC2)CCOCC1. The van der Waals surface area contributed by atoms with Gasteiger partial charge in [-0.25, -0.2) is 0 Å². The van der Waals surface area contributed by atoms with Gasteiger partial charge >= 0.3 is 0 Å². The van der Waals surface area contributed by atoms with Gasteiger partial charge < -0.3 is 20.5 Å². The third kappa shape index (κ3) is 4.10. The maximum absolute atomic E-state index is 12.2. The normalized spacial score (nSPS) is 25.1. The van der Waals surface area contributed by atoms with Crippen LogP contribution in [0.2, 0.25) is 0 Å². The van der Waals surface area contributed by atoms with Crippen LogP contribution in [0.5, 0.6) is 0 Å². The summed E-state index contributed by atoms with van der Waals surface area (Å²) in [4.78, 5) is 12.2. The monoisotopic (exact) mass is 302 g/mol. The van der Waals surface area contributed by atoms with Crippen molar-refractivity contribution in [2.45, 2.75) is 36.5 Å². The van der Waals surface area contributed by atoms with Crippen LogP contribution in [0.3, 0.4) is 0 Å². The highest BCUT2D eigenvalue weighted by Crippen LogP contribution is 2.33. The van der Waals surface area contributed by atoms with E-state index in [1.807, 2.05) is 11.8 Å². The number of ether oxygens (including phenoxy) is 2. The molecule has 0 radical (unpaired) electrons. The molecule has 0 spiro atoms. The number of nitrogens with one attached hydrogen (secondary N) is 1. The number of hydrogen-bond acceptors (Lipinski definition) is 5. The zero-order valence-electron chi connectivity index (χ0n) is 12.2. The summed E-state index contributed by atoms with van der Waals surface area (Å²) in [6.45, 7) is 3.69. The number of rotatable bonds is 5. The molecule has 1 amide bonds. The number of hydrogen-bond donors (Lipinski definition) is 2. The van der Waals surface area contributed by atoms with Crippen molar-refractivity contribution in [3.05, 3.63) is 0 Å².